The highest BCUT2D eigenvalue weighted by Crippen LogP contribution is 2.61. The molecule has 0 heterocycles. The van der Waals surface area contributed by atoms with Crippen molar-refractivity contribution in [2.24, 2.45) is 29.1 Å². The van der Waals surface area contributed by atoms with Crippen LogP contribution in [0.3, 0.4) is 0 Å². The van der Waals surface area contributed by atoms with Crippen LogP contribution in [-0.4, -0.2) is 0 Å². The van der Waals surface area contributed by atoms with Gasteiger partial charge in [-0.15, -0.1) is 0 Å². The van der Waals surface area contributed by atoms with Crippen molar-refractivity contribution in [1.82, 2.24) is 0 Å². The zero-order chi connectivity index (χ0) is 10.2. The lowest BCUT2D eigenvalue weighted by atomic mass is 9.43. The van der Waals surface area contributed by atoms with E-state index >= 15 is 0 Å². The molecule has 78 valence electrons. The first kappa shape index (κ1) is 11.1. The summed E-state index contributed by atoms with van der Waals surface area (Å²) in [5.74, 6) is 3.73. The number of rotatable bonds is 3. The molecule has 0 spiro atoms. The average molecular weight is 182 g/mol. The van der Waals surface area contributed by atoms with Gasteiger partial charge >= 0.3 is 0 Å². The van der Waals surface area contributed by atoms with Gasteiger partial charge < -0.3 is 0 Å². The SMILES string of the molecule is CCC1(CC)C(C)C(C(C)C)C1C. The van der Waals surface area contributed by atoms with Crippen LogP contribution in [0, 0.1) is 29.1 Å². The van der Waals surface area contributed by atoms with Crippen molar-refractivity contribution in [3.8, 4) is 0 Å². The molecule has 0 aromatic rings. The van der Waals surface area contributed by atoms with Gasteiger partial charge in [0.2, 0.25) is 0 Å². The first-order valence-electron chi connectivity index (χ1n) is 6.01. The van der Waals surface area contributed by atoms with E-state index in [9.17, 15) is 0 Å². The van der Waals surface area contributed by atoms with Crippen LogP contribution in [0.4, 0.5) is 0 Å². The number of hydrogen-bond donors (Lipinski definition) is 0. The predicted octanol–water partition coefficient (Wildman–Crippen LogP) is 4.35. The Morgan fingerprint density at radius 1 is 1.00 bits per heavy atom. The monoisotopic (exact) mass is 182 g/mol. The minimum atomic E-state index is 0.676. The van der Waals surface area contributed by atoms with Gasteiger partial charge in [-0.1, -0.05) is 41.5 Å². The molecule has 2 atom stereocenters. The maximum Gasteiger partial charge on any atom is -0.0246 e. The Labute approximate surface area is 84.1 Å². The van der Waals surface area contributed by atoms with E-state index in [4.69, 9.17) is 0 Å². The van der Waals surface area contributed by atoms with Crippen molar-refractivity contribution >= 4 is 0 Å². The van der Waals surface area contributed by atoms with Gasteiger partial charge in [0.1, 0.15) is 0 Å². The van der Waals surface area contributed by atoms with E-state index < -0.39 is 0 Å². The summed E-state index contributed by atoms with van der Waals surface area (Å²) < 4.78 is 0. The summed E-state index contributed by atoms with van der Waals surface area (Å²) in [5, 5.41) is 0. The fourth-order valence-corrected chi connectivity index (χ4v) is 4.19. The van der Waals surface area contributed by atoms with E-state index in [2.05, 4.69) is 41.5 Å². The molecule has 1 aliphatic carbocycles. The molecule has 1 aliphatic rings. The maximum atomic E-state index is 2.47. The van der Waals surface area contributed by atoms with E-state index in [1.165, 1.54) is 12.8 Å². The first-order chi connectivity index (χ1) is 6.01. The zero-order valence-corrected chi connectivity index (χ0v) is 10.2. The van der Waals surface area contributed by atoms with Gasteiger partial charge in [0.25, 0.3) is 0 Å². The van der Waals surface area contributed by atoms with Gasteiger partial charge in [-0.05, 0) is 41.9 Å². The first-order valence-corrected chi connectivity index (χ1v) is 6.01. The Kier molecular flexibility index (Phi) is 3.09. The van der Waals surface area contributed by atoms with Gasteiger partial charge in [-0.3, -0.25) is 0 Å². The molecule has 0 N–H and O–H groups in total. The second kappa shape index (κ2) is 3.63. The van der Waals surface area contributed by atoms with Crippen LogP contribution in [0.25, 0.3) is 0 Å². The maximum absolute atomic E-state index is 2.47. The Morgan fingerprint density at radius 2 is 1.38 bits per heavy atom. The molecule has 0 aliphatic heterocycles. The largest absolute Gasteiger partial charge is 0.0648 e. The van der Waals surface area contributed by atoms with Gasteiger partial charge in [-0.25, -0.2) is 0 Å². The Balaban J connectivity index is 2.74. The second-order valence-electron chi connectivity index (χ2n) is 5.34. The summed E-state index contributed by atoms with van der Waals surface area (Å²) in [7, 11) is 0. The third-order valence-corrected chi connectivity index (χ3v) is 5.05. The number of hydrogen-bond acceptors (Lipinski definition) is 0. The van der Waals surface area contributed by atoms with Gasteiger partial charge in [-0.2, -0.15) is 0 Å². The normalized spacial score (nSPS) is 37.6. The highest BCUT2D eigenvalue weighted by atomic mass is 14.6. The summed E-state index contributed by atoms with van der Waals surface area (Å²) in [4.78, 5) is 0. The quantitative estimate of drug-likeness (QED) is 0.608. The van der Waals surface area contributed by atoms with Crippen LogP contribution in [-0.2, 0) is 0 Å². The van der Waals surface area contributed by atoms with Crippen LogP contribution in [0.2, 0.25) is 0 Å². The zero-order valence-electron chi connectivity index (χ0n) is 10.2. The fourth-order valence-electron chi connectivity index (χ4n) is 4.19. The molecule has 0 saturated heterocycles. The lowest BCUT2D eigenvalue weighted by molar-refractivity contribution is -0.131. The standard InChI is InChI=1S/C13H26/c1-7-13(8-2)10(5)12(9(3)4)11(13)6/h9-12H,7-8H2,1-6H3. The van der Waals surface area contributed by atoms with Crippen LogP contribution >= 0.6 is 0 Å². The van der Waals surface area contributed by atoms with Crippen molar-refractivity contribution in [3.63, 3.8) is 0 Å². The van der Waals surface area contributed by atoms with E-state index in [1.54, 1.807) is 0 Å². The third kappa shape index (κ3) is 1.33. The van der Waals surface area contributed by atoms with Crippen LogP contribution in [0.5, 0.6) is 0 Å². The van der Waals surface area contributed by atoms with Gasteiger partial charge in [0.05, 0.1) is 0 Å². The van der Waals surface area contributed by atoms with Crippen LogP contribution in [0.1, 0.15) is 54.4 Å². The lowest BCUT2D eigenvalue weighted by Crippen LogP contribution is -2.55. The summed E-state index contributed by atoms with van der Waals surface area (Å²) in [6.07, 6.45) is 2.74. The molecule has 0 amide bonds. The molecule has 13 heavy (non-hydrogen) atoms. The topological polar surface area (TPSA) is 0 Å². The minimum absolute atomic E-state index is 0.676. The van der Waals surface area contributed by atoms with Crippen molar-refractivity contribution in [2.75, 3.05) is 0 Å². The minimum Gasteiger partial charge on any atom is -0.0648 e. The summed E-state index contributed by atoms with van der Waals surface area (Å²) in [6.45, 7) is 14.4. The molecule has 0 bridgehead atoms. The van der Waals surface area contributed by atoms with E-state index in [1.807, 2.05) is 0 Å². The van der Waals surface area contributed by atoms with Crippen molar-refractivity contribution < 1.29 is 0 Å². The van der Waals surface area contributed by atoms with Crippen molar-refractivity contribution in [3.05, 3.63) is 0 Å². The van der Waals surface area contributed by atoms with E-state index in [0.29, 0.717) is 5.41 Å². The van der Waals surface area contributed by atoms with E-state index in [-0.39, 0.29) is 0 Å². The average Bonchev–Trinajstić information content (AvgIpc) is 2.06. The molecule has 1 fully saturated rings. The molecule has 0 radical (unpaired) electrons. The molecule has 0 aromatic carbocycles. The summed E-state index contributed by atoms with van der Waals surface area (Å²) in [5.41, 5.74) is 0.676. The molecule has 0 aromatic heterocycles. The second-order valence-corrected chi connectivity index (χ2v) is 5.34. The Hall–Kier alpha value is 0. The smallest absolute Gasteiger partial charge is 0.0246 e. The van der Waals surface area contributed by atoms with Crippen molar-refractivity contribution in [1.29, 1.82) is 0 Å². The summed E-state index contributed by atoms with van der Waals surface area (Å²) >= 11 is 0. The Morgan fingerprint density at radius 3 is 1.62 bits per heavy atom. The highest BCUT2D eigenvalue weighted by Gasteiger charge is 2.55. The molecular formula is C13H26. The molecule has 0 nitrogen and oxygen atoms in total. The highest BCUT2D eigenvalue weighted by molar-refractivity contribution is 5.03. The summed E-state index contributed by atoms with van der Waals surface area (Å²) in [6, 6.07) is 0. The Bertz CT molecular complexity index is 153. The molecular weight excluding hydrogens is 156 g/mol. The van der Waals surface area contributed by atoms with E-state index in [0.717, 1.165) is 23.7 Å². The van der Waals surface area contributed by atoms with Gasteiger partial charge in [0, 0.05) is 0 Å². The van der Waals surface area contributed by atoms with Crippen LogP contribution < -0.4 is 0 Å². The van der Waals surface area contributed by atoms with Crippen molar-refractivity contribution in [2.45, 2.75) is 54.4 Å². The third-order valence-electron chi connectivity index (χ3n) is 5.05. The predicted molar refractivity (Wildman–Crippen MR) is 59.7 cm³/mol. The molecule has 1 saturated carbocycles. The molecule has 1 rings (SSSR count). The molecule has 2 unspecified atom stereocenters. The van der Waals surface area contributed by atoms with Crippen LogP contribution in [0.15, 0.2) is 0 Å². The molecule has 0 heteroatoms. The van der Waals surface area contributed by atoms with Gasteiger partial charge in [0.15, 0.2) is 0 Å². The lowest BCUT2D eigenvalue weighted by Gasteiger charge is -2.61. The fraction of sp³-hybridized carbons (Fsp3) is 1.00.